The van der Waals surface area contributed by atoms with Gasteiger partial charge in [0.05, 0.1) is 14.2 Å². The van der Waals surface area contributed by atoms with E-state index in [-0.39, 0.29) is 0 Å². The molecule has 1 N–H and O–H groups in total. The topological polar surface area (TPSA) is 30.5 Å². The molecule has 1 unspecified atom stereocenters. The summed E-state index contributed by atoms with van der Waals surface area (Å²) in [7, 11) is 3.39. The minimum atomic E-state index is 0.523. The Balaban J connectivity index is 2.44. The predicted molar refractivity (Wildman–Crippen MR) is 59.6 cm³/mol. The Hall–Kier alpha value is -1.22. The standard InChI is InChI=1S/C12H17NO2/c1-8-4-9-5-10(14-2)6-12(15-3)11(9)7-13-8/h5-6,8,13H,4,7H2,1-3H3. The lowest BCUT2D eigenvalue weighted by molar-refractivity contribution is 0.382. The molecule has 3 heteroatoms. The van der Waals surface area contributed by atoms with Crippen molar-refractivity contribution in [2.75, 3.05) is 14.2 Å². The molecule has 0 amide bonds. The number of hydrogen-bond donors (Lipinski definition) is 1. The molecule has 1 atom stereocenters. The van der Waals surface area contributed by atoms with E-state index >= 15 is 0 Å². The summed E-state index contributed by atoms with van der Waals surface area (Å²) < 4.78 is 10.6. The summed E-state index contributed by atoms with van der Waals surface area (Å²) in [6.07, 6.45) is 1.03. The Kier molecular flexibility index (Phi) is 2.82. The summed E-state index contributed by atoms with van der Waals surface area (Å²) in [4.78, 5) is 0. The fraction of sp³-hybridized carbons (Fsp3) is 0.500. The van der Waals surface area contributed by atoms with Gasteiger partial charge in [-0.25, -0.2) is 0 Å². The molecule has 0 aromatic heterocycles. The fourth-order valence-electron chi connectivity index (χ4n) is 2.04. The molecule has 1 aliphatic rings. The molecule has 0 saturated heterocycles. The average molecular weight is 207 g/mol. The van der Waals surface area contributed by atoms with Crippen molar-refractivity contribution in [2.45, 2.75) is 25.9 Å². The molecule has 3 nitrogen and oxygen atoms in total. The van der Waals surface area contributed by atoms with Crippen molar-refractivity contribution in [2.24, 2.45) is 0 Å². The summed E-state index contributed by atoms with van der Waals surface area (Å²) in [5, 5.41) is 3.43. The second-order valence-electron chi connectivity index (χ2n) is 3.95. The molecular weight excluding hydrogens is 190 g/mol. The SMILES string of the molecule is COc1cc2c(c(OC)c1)CNC(C)C2. The van der Waals surface area contributed by atoms with Gasteiger partial charge in [-0.05, 0) is 25.0 Å². The molecule has 0 radical (unpaired) electrons. The molecule has 0 spiro atoms. The van der Waals surface area contributed by atoms with Gasteiger partial charge in [0.15, 0.2) is 0 Å². The maximum atomic E-state index is 5.37. The molecule has 0 fully saturated rings. The number of rotatable bonds is 2. The van der Waals surface area contributed by atoms with Gasteiger partial charge in [-0.3, -0.25) is 0 Å². The van der Waals surface area contributed by atoms with Gasteiger partial charge in [0.1, 0.15) is 11.5 Å². The van der Waals surface area contributed by atoms with Gasteiger partial charge in [-0.15, -0.1) is 0 Å². The zero-order valence-electron chi connectivity index (χ0n) is 9.46. The van der Waals surface area contributed by atoms with E-state index in [4.69, 9.17) is 9.47 Å². The number of methoxy groups -OCH3 is 2. The molecular formula is C12H17NO2. The summed E-state index contributed by atoms with van der Waals surface area (Å²) in [6.45, 7) is 3.07. The highest BCUT2D eigenvalue weighted by Crippen LogP contribution is 2.31. The Bertz CT molecular complexity index is 363. The first-order chi connectivity index (χ1) is 7.24. The van der Waals surface area contributed by atoms with Gasteiger partial charge < -0.3 is 14.8 Å². The van der Waals surface area contributed by atoms with E-state index in [2.05, 4.69) is 18.3 Å². The molecule has 0 saturated carbocycles. The van der Waals surface area contributed by atoms with Crippen molar-refractivity contribution >= 4 is 0 Å². The number of fused-ring (bicyclic) bond motifs is 1. The molecule has 1 aromatic carbocycles. The quantitative estimate of drug-likeness (QED) is 0.801. The lowest BCUT2D eigenvalue weighted by atomic mass is 9.95. The Morgan fingerprint density at radius 3 is 2.73 bits per heavy atom. The second-order valence-corrected chi connectivity index (χ2v) is 3.95. The van der Waals surface area contributed by atoms with Gasteiger partial charge in [-0.1, -0.05) is 0 Å². The molecule has 0 aliphatic carbocycles. The lowest BCUT2D eigenvalue weighted by Gasteiger charge is -2.25. The van der Waals surface area contributed by atoms with E-state index < -0.39 is 0 Å². The van der Waals surface area contributed by atoms with Crippen molar-refractivity contribution in [1.29, 1.82) is 0 Å². The molecule has 1 heterocycles. The smallest absolute Gasteiger partial charge is 0.127 e. The van der Waals surface area contributed by atoms with Crippen molar-refractivity contribution in [3.05, 3.63) is 23.3 Å². The van der Waals surface area contributed by atoms with Crippen molar-refractivity contribution in [3.63, 3.8) is 0 Å². The third-order valence-corrected chi connectivity index (χ3v) is 2.88. The van der Waals surface area contributed by atoms with Crippen LogP contribution in [0.15, 0.2) is 12.1 Å². The van der Waals surface area contributed by atoms with Gasteiger partial charge in [0.2, 0.25) is 0 Å². The van der Waals surface area contributed by atoms with Crippen molar-refractivity contribution < 1.29 is 9.47 Å². The highest BCUT2D eigenvalue weighted by molar-refractivity contribution is 5.48. The lowest BCUT2D eigenvalue weighted by Crippen LogP contribution is -2.33. The Morgan fingerprint density at radius 1 is 1.27 bits per heavy atom. The molecule has 1 aliphatic heterocycles. The zero-order valence-corrected chi connectivity index (χ0v) is 9.46. The van der Waals surface area contributed by atoms with Crippen molar-refractivity contribution in [3.8, 4) is 11.5 Å². The van der Waals surface area contributed by atoms with Crippen LogP contribution >= 0.6 is 0 Å². The number of benzene rings is 1. The maximum Gasteiger partial charge on any atom is 0.127 e. The van der Waals surface area contributed by atoms with Crippen LogP contribution in [0.5, 0.6) is 11.5 Å². The highest BCUT2D eigenvalue weighted by Gasteiger charge is 2.19. The third kappa shape index (κ3) is 1.92. The fourth-order valence-corrected chi connectivity index (χ4v) is 2.04. The van der Waals surface area contributed by atoms with E-state index in [1.807, 2.05) is 6.07 Å². The largest absolute Gasteiger partial charge is 0.497 e. The number of nitrogens with one attached hydrogen (secondary N) is 1. The highest BCUT2D eigenvalue weighted by atomic mass is 16.5. The predicted octanol–water partition coefficient (Wildman–Crippen LogP) is 1.74. The molecule has 1 aromatic rings. The number of ether oxygens (including phenoxy) is 2. The van der Waals surface area contributed by atoms with Gasteiger partial charge >= 0.3 is 0 Å². The minimum Gasteiger partial charge on any atom is -0.497 e. The van der Waals surface area contributed by atoms with Crippen LogP contribution in [-0.4, -0.2) is 20.3 Å². The first-order valence-electron chi connectivity index (χ1n) is 5.21. The normalized spacial score (nSPS) is 19.5. The van der Waals surface area contributed by atoms with E-state index in [0.717, 1.165) is 24.5 Å². The van der Waals surface area contributed by atoms with E-state index in [0.29, 0.717) is 6.04 Å². The van der Waals surface area contributed by atoms with Crippen LogP contribution in [0.4, 0.5) is 0 Å². The monoisotopic (exact) mass is 207 g/mol. The number of hydrogen-bond acceptors (Lipinski definition) is 3. The van der Waals surface area contributed by atoms with E-state index in [1.54, 1.807) is 14.2 Å². The summed E-state index contributed by atoms with van der Waals surface area (Å²) in [5.41, 5.74) is 2.59. The Labute approximate surface area is 90.4 Å². The van der Waals surface area contributed by atoms with Crippen LogP contribution in [0, 0.1) is 0 Å². The van der Waals surface area contributed by atoms with Crippen LogP contribution in [-0.2, 0) is 13.0 Å². The minimum absolute atomic E-state index is 0.523. The van der Waals surface area contributed by atoms with E-state index in [1.165, 1.54) is 11.1 Å². The zero-order chi connectivity index (χ0) is 10.8. The first-order valence-corrected chi connectivity index (χ1v) is 5.21. The van der Waals surface area contributed by atoms with Crippen molar-refractivity contribution in [1.82, 2.24) is 5.32 Å². The van der Waals surface area contributed by atoms with E-state index in [9.17, 15) is 0 Å². The Morgan fingerprint density at radius 2 is 2.07 bits per heavy atom. The third-order valence-electron chi connectivity index (χ3n) is 2.88. The molecule has 2 rings (SSSR count). The van der Waals surface area contributed by atoms with Crippen LogP contribution < -0.4 is 14.8 Å². The first kappa shape index (κ1) is 10.3. The summed E-state index contributed by atoms with van der Waals surface area (Å²) in [6, 6.07) is 4.57. The average Bonchev–Trinajstić information content (AvgIpc) is 2.26. The molecule has 0 bridgehead atoms. The van der Waals surface area contributed by atoms with Crippen LogP contribution in [0.3, 0.4) is 0 Å². The van der Waals surface area contributed by atoms with Crippen LogP contribution in [0.1, 0.15) is 18.1 Å². The summed E-state index contributed by atoms with van der Waals surface area (Å²) >= 11 is 0. The molecule has 15 heavy (non-hydrogen) atoms. The summed E-state index contributed by atoms with van der Waals surface area (Å²) in [5.74, 6) is 1.79. The van der Waals surface area contributed by atoms with Crippen LogP contribution in [0.25, 0.3) is 0 Å². The maximum absolute atomic E-state index is 5.37. The van der Waals surface area contributed by atoms with Gasteiger partial charge in [-0.2, -0.15) is 0 Å². The van der Waals surface area contributed by atoms with Gasteiger partial charge in [0.25, 0.3) is 0 Å². The molecule has 82 valence electrons. The van der Waals surface area contributed by atoms with Crippen LogP contribution in [0.2, 0.25) is 0 Å². The second kappa shape index (κ2) is 4.11. The van der Waals surface area contributed by atoms with Gasteiger partial charge in [0, 0.05) is 24.2 Å².